The standard InChI is InChI=1S/C58H92N16O31/c1-58(2,3)105-57(95)62-27(11-73-15-31(65-69-73)23-99-55-51(93)47(89)43(85)35(19-77)103-55)7-39(81)60-25(9-71-13-29(63-67-71)21-97-53-49(91)45(87)41(83)33(17-75)101-53)5-37(79)59-26(10-72-14-30(64-68-72)22-98-54-50(92)46(88)42(84)34(18-76)102-54)6-38(80)61-28(8-40(82)96-4)12-74-16-32(66-70-74)24-100-56-52(94)48(90)44(86)36(20-78)104-56/h13-16,25-28,33-36,41-56,75-78,83-94H,5-12,17-24H2,1-4H3,(H,59,79)(H,60,81)(H,61,80)(H,62,95)/t25-,26-,27-,28-,33+,34+,35+,36+,41+,42+,43+,44+,45-,46-,47-,48-,49-,50-,51-,52-,53-,54-,55-,56-/m0/s1. The van der Waals surface area contributed by atoms with Crippen LogP contribution < -0.4 is 21.3 Å². The first-order valence-corrected chi connectivity index (χ1v) is 33.0. The van der Waals surface area contributed by atoms with E-state index >= 15 is 0 Å². The molecule has 24 atom stereocenters. The lowest BCUT2D eigenvalue weighted by Crippen LogP contribution is -2.59. The first-order valence-electron chi connectivity index (χ1n) is 33.0. The molecule has 0 spiro atoms. The zero-order valence-corrected chi connectivity index (χ0v) is 57.1. The van der Waals surface area contributed by atoms with Crippen LogP contribution >= 0.6 is 0 Å². The van der Waals surface area contributed by atoms with Crippen molar-refractivity contribution in [1.29, 1.82) is 0 Å². The van der Waals surface area contributed by atoms with Crippen LogP contribution in [0.15, 0.2) is 24.8 Å². The van der Waals surface area contributed by atoms with Crippen LogP contribution in [0.2, 0.25) is 0 Å². The summed E-state index contributed by atoms with van der Waals surface area (Å²) in [5.41, 5.74) is -0.700. The molecule has 4 amide bonds. The number of alkyl carbamates (subject to hydrolysis) is 1. The minimum Gasteiger partial charge on any atom is -0.469 e. The van der Waals surface area contributed by atoms with Gasteiger partial charge in [-0.1, -0.05) is 20.9 Å². The summed E-state index contributed by atoms with van der Waals surface area (Å²) in [4.78, 5) is 69.7. The van der Waals surface area contributed by atoms with E-state index < -0.39 is 261 Å². The van der Waals surface area contributed by atoms with E-state index in [1.165, 1.54) is 43.5 Å². The Morgan fingerprint density at radius 2 is 0.648 bits per heavy atom. The van der Waals surface area contributed by atoms with Gasteiger partial charge in [-0.3, -0.25) is 37.9 Å². The van der Waals surface area contributed by atoms with Crippen molar-refractivity contribution < 1.29 is 153 Å². The molecule has 4 aliphatic rings. The number of nitrogens with zero attached hydrogens (tertiary/aromatic N) is 12. The van der Waals surface area contributed by atoms with Crippen LogP contribution in [-0.2, 0) is 119 Å². The molecule has 4 aliphatic heterocycles. The van der Waals surface area contributed by atoms with Crippen LogP contribution in [0.4, 0.5) is 4.79 Å². The normalized spacial score (nSPS) is 30.6. The Kier molecular flexibility index (Phi) is 30.6. The highest BCUT2D eigenvalue weighted by atomic mass is 16.7. The van der Waals surface area contributed by atoms with Crippen LogP contribution in [0.1, 0.15) is 69.2 Å². The third kappa shape index (κ3) is 23.6. The Bertz CT molecular complexity index is 3380. The van der Waals surface area contributed by atoms with Gasteiger partial charge in [0.05, 0.1) is 142 Å². The zero-order chi connectivity index (χ0) is 76.6. The summed E-state index contributed by atoms with van der Waals surface area (Å²) < 4.78 is 59.3. The van der Waals surface area contributed by atoms with Crippen LogP contribution in [0.25, 0.3) is 0 Å². The number of nitrogens with one attached hydrogen (secondary N) is 4. The third-order valence-electron chi connectivity index (χ3n) is 16.7. The Labute approximate surface area is 595 Å². The van der Waals surface area contributed by atoms with E-state index in [0.29, 0.717) is 0 Å². The highest BCUT2D eigenvalue weighted by molar-refractivity contribution is 5.82. The summed E-state index contributed by atoms with van der Waals surface area (Å²) in [5, 5.41) is 206. The number of ether oxygens (including phenoxy) is 10. The highest BCUT2D eigenvalue weighted by Gasteiger charge is 2.48. The largest absolute Gasteiger partial charge is 0.469 e. The van der Waals surface area contributed by atoms with Gasteiger partial charge in [-0.25, -0.2) is 4.79 Å². The quantitative estimate of drug-likeness (QED) is 0.0188. The van der Waals surface area contributed by atoms with Gasteiger partial charge in [0, 0.05) is 19.3 Å². The van der Waals surface area contributed by atoms with E-state index in [1.54, 1.807) is 20.8 Å². The summed E-state index contributed by atoms with van der Waals surface area (Å²) in [6, 6.07) is -4.86. The zero-order valence-electron chi connectivity index (χ0n) is 57.1. The van der Waals surface area contributed by atoms with Crippen LogP contribution in [0.3, 0.4) is 0 Å². The van der Waals surface area contributed by atoms with Crippen molar-refractivity contribution in [3.63, 3.8) is 0 Å². The second-order valence-electron chi connectivity index (χ2n) is 26.3. The second kappa shape index (κ2) is 38.5. The molecule has 8 heterocycles. The van der Waals surface area contributed by atoms with Crippen molar-refractivity contribution in [3.05, 3.63) is 47.6 Å². The molecule has 0 saturated carbocycles. The fourth-order valence-electron chi connectivity index (χ4n) is 11.3. The van der Waals surface area contributed by atoms with Gasteiger partial charge >= 0.3 is 12.1 Å². The van der Waals surface area contributed by atoms with E-state index in [4.69, 9.17) is 47.4 Å². The van der Waals surface area contributed by atoms with Crippen LogP contribution in [0, 0.1) is 0 Å². The van der Waals surface area contributed by atoms with E-state index in [2.05, 4.69) is 62.5 Å². The smallest absolute Gasteiger partial charge is 0.407 e. The van der Waals surface area contributed by atoms with Crippen LogP contribution in [-0.4, -0.2) is 358 Å². The lowest BCUT2D eigenvalue weighted by atomic mass is 9.99. The number of aliphatic hydroxyl groups is 16. The van der Waals surface area contributed by atoms with Gasteiger partial charge in [0.25, 0.3) is 0 Å². The Balaban J connectivity index is 1.02. The maximum Gasteiger partial charge on any atom is 0.407 e. The first kappa shape index (κ1) is 83.4. The minimum absolute atomic E-state index is 0.0568. The van der Waals surface area contributed by atoms with Gasteiger partial charge in [0.1, 0.15) is 126 Å². The molecule has 4 aromatic rings. The van der Waals surface area contributed by atoms with E-state index in [-0.39, 0.29) is 49.0 Å². The first-order chi connectivity index (χ1) is 49.8. The molecule has 0 unspecified atom stereocenters. The predicted molar refractivity (Wildman–Crippen MR) is 334 cm³/mol. The molecule has 105 heavy (non-hydrogen) atoms. The molecular formula is C58H92N16O31. The molecule has 0 aliphatic carbocycles. The summed E-state index contributed by atoms with van der Waals surface area (Å²) in [6.45, 7) is -1.17. The number of aromatic nitrogens is 12. The molecule has 47 nitrogen and oxygen atoms in total. The van der Waals surface area contributed by atoms with Gasteiger partial charge in [-0.05, 0) is 20.8 Å². The molecule has 8 rings (SSSR count). The number of amides is 4. The summed E-state index contributed by atoms with van der Waals surface area (Å²) >= 11 is 0. The fourth-order valence-corrected chi connectivity index (χ4v) is 11.3. The van der Waals surface area contributed by atoms with Crippen molar-refractivity contribution in [2.75, 3.05) is 33.5 Å². The topological polar surface area (TPSA) is 672 Å². The van der Waals surface area contributed by atoms with Gasteiger partial charge < -0.3 is 150 Å². The number of hydrogen-bond donors (Lipinski definition) is 20. The van der Waals surface area contributed by atoms with Gasteiger partial charge in [-0.15, -0.1) is 20.4 Å². The van der Waals surface area contributed by atoms with Gasteiger partial charge in [0.15, 0.2) is 25.2 Å². The van der Waals surface area contributed by atoms with Crippen molar-refractivity contribution in [1.82, 2.24) is 81.2 Å². The Hall–Kier alpha value is -7.25. The number of aliphatic hydroxyl groups excluding tert-OH is 16. The van der Waals surface area contributed by atoms with E-state index in [1.807, 2.05) is 0 Å². The van der Waals surface area contributed by atoms with Crippen molar-refractivity contribution >= 4 is 29.8 Å². The third-order valence-corrected chi connectivity index (χ3v) is 16.7. The van der Waals surface area contributed by atoms with Crippen molar-refractivity contribution in [2.45, 2.75) is 252 Å². The Morgan fingerprint density at radius 1 is 0.400 bits per heavy atom. The van der Waals surface area contributed by atoms with Crippen LogP contribution in [0.5, 0.6) is 0 Å². The summed E-state index contributed by atoms with van der Waals surface area (Å²) in [6.07, 6.45) is -30.0. The second-order valence-corrected chi connectivity index (χ2v) is 26.3. The molecule has 4 saturated heterocycles. The van der Waals surface area contributed by atoms with E-state index in [0.717, 1.165) is 7.11 Å². The van der Waals surface area contributed by atoms with Crippen molar-refractivity contribution in [2.24, 2.45) is 0 Å². The predicted octanol–water partition coefficient (Wildman–Crippen LogP) is -12.5. The minimum atomic E-state index is -1.78. The molecule has 590 valence electrons. The number of carbonyl (C=O) groups excluding carboxylic acids is 5. The van der Waals surface area contributed by atoms with E-state index in [9.17, 15) is 106 Å². The molecule has 47 heteroatoms. The number of esters is 1. The maximum atomic E-state index is 14.7. The molecular weight excluding hydrogens is 1420 g/mol. The molecule has 20 N–H and O–H groups in total. The molecule has 4 aromatic heterocycles. The van der Waals surface area contributed by atoms with Crippen molar-refractivity contribution in [3.8, 4) is 0 Å². The number of rotatable bonds is 36. The average Bonchev–Trinajstić information content (AvgIpc) is 1.22. The lowest BCUT2D eigenvalue weighted by Gasteiger charge is -2.39. The molecule has 0 radical (unpaired) electrons. The number of methoxy groups -OCH3 is 1. The van der Waals surface area contributed by atoms with Gasteiger partial charge in [-0.2, -0.15) is 0 Å². The maximum absolute atomic E-state index is 14.7. The lowest BCUT2D eigenvalue weighted by molar-refractivity contribution is -0.304. The monoisotopic (exact) mass is 1510 g/mol. The molecule has 4 fully saturated rings. The Morgan fingerprint density at radius 3 is 0.886 bits per heavy atom. The fraction of sp³-hybridized carbons (Fsp3) is 0.776. The molecule has 0 aromatic carbocycles. The summed E-state index contributed by atoms with van der Waals surface area (Å²) in [7, 11) is 1.10. The average molecular weight is 1510 g/mol. The SMILES string of the molecule is COC(=O)C[C@@H](Cn1cc(CO[C@H]2O[C@H](CO)[C@@H](O)[C@H](O)[C@@H]2O)nn1)NC(=O)C[C@@H](Cn1cc(CO[C@H]2O[C@H](CO)[C@@H](O)[C@H](O)[C@@H]2O)nn1)NC(=O)C[C@@H](Cn1cc(CO[C@H]2O[C@H](CO)[C@@H](O)[C@H](O)[C@@H]2O)nn1)NC(=O)C[C@@H](Cn1cc(CO[C@H]2O[C@H](CO)[C@@H](O)[C@H](O)[C@@H]2O)nn1)NC(=O)OC(C)(C)C. The van der Waals surface area contributed by atoms with Gasteiger partial charge in [0.2, 0.25) is 17.7 Å². The number of carbonyl (C=O) groups is 5. The molecule has 0 bridgehead atoms. The highest BCUT2D eigenvalue weighted by Crippen LogP contribution is 2.27. The summed E-state index contributed by atoms with van der Waals surface area (Å²) in [5.74, 6) is -3.26. The number of hydrogen-bond acceptors (Lipinski definition) is 39.